The van der Waals surface area contributed by atoms with Crippen LogP contribution in [0.4, 0.5) is 5.82 Å². The van der Waals surface area contributed by atoms with Crippen molar-refractivity contribution in [2.75, 3.05) is 12.3 Å². The highest BCUT2D eigenvalue weighted by Crippen LogP contribution is 2.13. The molecule has 0 aliphatic carbocycles. The Hall–Kier alpha value is -1.58. The molecular weight excluding hydrogens is 214 g/mol. The van der Waals surface area contributed by atoms with E-state index in [1.165, 1.54) is 0 Å². The maximum atomic E-state index is 12.3. The van der Waals surface area contributed by atoms with Crippen molar-refractivity contribution in [2.24, 2.45) is 0 Å². The zero-order valence-electron chi connectivity index (χ0n) is 11.0. The highest BCUT2D eigenvalue weighted by Gasteiger charge is 2.17. The van der Waals surface area contributed by atoms with Gasteiger partial charge in [-0.2, -0.15) is 0 Å². The molecule has 0 aliphatic rings. The quantitative estimate of drug-likeness (QED) is 0.869. The average Bonchev–Trinajstić information content (AvgIpc) is 2.28. The molecule has 0 aromatic carbocycles. The van der Waals surface area contributed by atoms with Gasteiger partial charge in [-0.15, -0.1) is 0 Å². The lowest BCUT2D eigenvalue weighted by Crippen LogP contribution is -2.36. The van der Waals surface area contributed by atoms with Gasteiger partial charge in [0.15, 0.2) is 0 Å². The summed E-state index contributed by atoms with van der Waals surface area (Å²) >= 11 is 0. The number of carbonyl (C=O) groups excluding carboxylic acids is 1. The van der Waals surface area contributed by atoms with Crippen LogP contribution in [-0.4, -0.2) is 28.4 Å². The molecule has 4 nitrogen and oxygen atoms in total. The fourth-order valence-electron chi connectivity index (χ4n) is 1.82. The predicted molar refractivity (Wildman–Crippen MR) is 69.9 cm³/mol. The van der Waals surface area contributed by atoms with Crippen LogP contribution in [0.2, 0.25) is 0 Å². The number of hydrogen-bond donors (Lipinski definition) is 1. The lowest BCUT2D eigenvalue weighted by Gasteiger charge is -2.25. The van der Waals surface area contributed by atoms with Crippen LogP contribution in [0.3, 0.4) is 0 Å². The van der Waals surface area contributed by atoms with Gasteiger partial charge >= 0.3 is 0 Å². The molecule has 0 aliphatic heterocycles. The third-order valence-electron chi connectivity index (χ3n) is 2.73. The van der Waals surface area contributed by atoms with Crippen LogP contribution in [0.25, 0.3) is 0 Å². The van der Waals surface area contributed by atoms with Crippen LogP contribution < -0.4 is 5.73 Å². The predicted octanol–water partition coefficient (Wildman–Crippen LogP) is 2.10. The van der Waals surface area contributed by atoms with E-state index in [-0.39, 0.29) is 11.9 Å². The summed E-state index contributed by atoms with van der Waals surface area (Å²) in [6, 6.07) is 3.66. The summed E-state index contributed by atoms with van der Waals surface area (Å²) < 4.78 is 0. The van der Waals surface area contributed by atoms with Gasteiger partial charge in [0.25, 0.3) is 5.91 Å². The van der Waals surface area contributed by atoms with E-state index in [0.717, 1.165) is 12.1 Å². The number of nitrogen functional groups attached to an aromatic ring is 1. The summed E-state index contributed by atoms with van der Waals surface area (Å²) in [7, 11) is 0. The van der Waals surface area contributed by atoms with E-state index in [1.807, 2.05) is 38.7 Å². The van der Waals surface area contributed by atoms with E-state index in [4.69, 9.17) is 5.73 Å². The molecule has 94 valence electrons. The second-order valence-electron chi connectivity index (χ2n) is 4.31. The topological polar surface area (TPSA) is 59.2 Å². The number of amides is 1. The molecule has 17 heavy (non-hydrogen) atoms. The summed E-state index contributed by atoms with van der Waals surface area (Å²) in [6.45, 7) is 8.68. The van der Waals surface area contributed by atoms with Crippen LogP contribution in [0.5, 0.6) is 0 Å². The highest BCUT2D eigenvalue weighted by molar-refractivity contribution is 5.95. The van der Waals surface area contributed by atoms with Gasteiger partial charge in [-0.05, 0) is 39.3 Å². The number of hydrogen-bond acceptors (Lipinski definition) is 3. The summed E-state index contributed by atoms with van der Waals surface area (Å²) in [4.78, 5) is 18.3. The zero-order chi connectivity index (χ0) is 13.0. The van der Waals surface area contributed by atoms with Gasteiger partial charge in [-0.25, -0.2) is 4.98 Å². The van der Waals surface area contributed by atoms with E-state index in [0.29, 0.717) is 17.9 Å². The molecule has 1 aromatic rings. The monoisotopic (exact) mass is 235 g/mol. The standard InChI is InChI=1S/C13H21N3O/c1-5-11-7-10(8-12(14)15-11)13(17)16(6-2)9(3)4/h7-9H,5-6H2,1-4H3,(H2,14,15). The van der Waals surface area contributed by atoms with Gasteiger partial charge in [0.2, 0.25) is 0 Å². The number of aromatic nitrogens is 1. The number of nitrogens with two attached hydrogens (primary N) is 1. The Morgan fingerprint density at radius 2 is 2.06 bits per heavy atom. The fraction of sp³-hybridized carbons (Fsp3) is 0.538. The third kappa shape index (κ3) is 3.19. The Kier molecular flexibility index (Phi) is 4.49. The molecule has 0 saturated carbocycles. The van der Waals surface area contributed by atoms with Crippen molar-refractivity contribution in [1.29, 1.82) is 0 Å². The van der Waals surface area contributed by atoms with Crippen molar-refractivity contribution >= 4 is 11.7 Å². The summed E-state index contributed by atoms with van der Waals surface area (Å²) in [5, 5.41) is 0. The molecule has 0 saturated heterocycles. The van der Waals surface area contributed by atoms with Crippen molar-refractivity contribution < 1.29 is 4.79 Å². The number of nitrogens with zero attached hydrogens (tertiary/aromatic N) is 2. The van der Waals surface area contributed by atoms with Crippen molar-refractivity contribution in [3.05, 3.63) is 23.4 Å². The Morgan fingerprint density at radius 1 is 1.41 bits per heavy atom. The molecule has 0 unspecified atom stereocenters. The minimum atomic E-state index is 0.0197. The van der Waals surface area contributed by atoms with E-state index >= 15 is 0 Å². The Bertz CT molecular complexity index is 402. The van der Waals surface area contributed by atoms with Crippen molar-refractivity contribution in [1.82, 2.24) is 9.88 Å². The maximum Gasteiger partial charge on any atom is 0.254 e. The van der Waals surface area contributed by atoms with Gasteiger partial charge in [0, 0.05) is 23.8 Å². The van der Waals surface area contributed by atoms with Crippen LogP contribution >= 0.6 is 0 Å². The largest absolute Gasteiger partial charge is 0.384 e. The molecule has 1 rings (SSSR count). The number of pyridine rings is 1. The minimum Gasteiger partial charge on any atom is -0.384 e. The summed E-state index contributed by atoms with van der Waals surface area (Å²) in [6.07, 6.45) is 0.777. The first kappa shape index (κ1) is 13.5. The summed E-state index contributed by atoms with van der Waals surface area (Å²) in [5.74, 6) is 0.429. The van der Waals surface area contributed by atoms with Crippen molar-refractivity contribution in [3.63, 3.8) is 0 Å². The third-order valence-corrected chi connectivity index (χ3v) is 2.73. The molecule has 0 bridgehead atoms. The number of anilines is 1. The van der Waals surface area contributed by atoms with E-state index in [1.54, 1.807) is 6.07 Å². The lowest BCUT2D eigenvalue weighted by atomic mass is 10.1. The molecule has 1 heterocycles. The Balaban J connectivity index is 3.06. The van der Waals surface area contributed by atoms with Gasteiger partial charge < -0.3 is 10.6 Å². The van der Waals surface area contributed by atoms with Gasteiger partial charge in [-0.1, -0.05) is 6.92 Å². The minimum absolute atomic E-state index is 0.0197. The highest BCUT2D eigenvalue weighted by atomic mass is 16.2. The van der Waals surface area contributed by atoms with E-state index in [2.05, 4.69) is 4.98 Å². The second-order valence-corrected chi connectivity index (χ2v) is 4.31. The van der Waals surface area contributed by atoms with Crippen molar-refractivity contribution in [3.8, 4) is 0 Å². The number of rotatable bonds is 4. The van der Waals surface area contributed by atoms with E-state index < -0.39 is 0 Å². The average molecular weight is 235 g/mol. The van der Waals surface area contributed by atoms with Crippen LogP contribution in [-0.2, 0) is 6.42 Å². The van der Waals surface area contributed by atoms with Crippen LogP contribution in [0.1, 0.15) is 43.7 Å². The fourth-order valence-corrected chi connectivity index (χ4v) is 1.82. The molecule has 0 fully saturated rings. The lowest BCUT2D eigenvalue weighted by molar-refractivity contribution is 0.0716. The zero-order valence-corrected chi connectivity index (χ0v) is 11.0. The van der Waals surface area contributed by atoms with Gasteiger partial charge in [-0.3, -0.25) is 4.79 Å². The molecular formula is C13H21N3O. The Labute approximate surface area is 103 Å². The van der Waals surface area contributed by atoms with E-state index in [9.17, 15) is 4.79 Å². The maximum absolute atomic E-state index is 12.3. The van der Waals surface area contributed by atoms with Gasteiger partial charge in [0.05, 0.1) is 0 Å². The molecule has 0 radical (unpaired) electrons. The Morgan fingerprint density at radius 3 is 2.53 bits per heavy atom. The SMILES string of the molecule is CCc1cc(C(=O)N(CC)C(C)C)cc(N)n1. The van der Waals surface area contributed by atoms with Crippen LogP contribution in [0, 0.1) is 0 Å². The molecule has 2 N–H and O–H groups in total. The number of aryl methyl sites for hydroxylation is 1. The molecule has 0 atom stereocenters. The first-order valence-corrected chi connectivity index (χ1v) is 6.07. The molecule has 0 spiro atoms. The molecule has 4 heteroatoms. The molecule has 1 aromatic heterocycles. The second kappa shape index (κ2) is 5.66. The first-order chi connectivity index (χ1) is 7.99. The molecule has 1 amide bonds. The first-order valence-electron chi connectivity index (χ1n) is 6.07. The van der Waals surface area contributed by atoms with Crippen molar-refractivity contribution in [2.45, 2.75) is 40.2 Å². The summed E-state index contributed by atoms with van der Waals surface area (Å²) in [5.41, 5.74) is 7.19. The van der Waals surface area contributed by atoms with Gasteiger partial charge in [0.1, 0.15) is 5.82 Å². The van der Waals surface area contributed by atoms with Crippen LogP contribution in [0.15, 0.2) is 12.1 Å². The number of carbonyl (C=O) groups is 1. The normalized spacial score (nSPS) is 10.6. The smallest absolute Gasteiger partial charge is 0.254 e.